The summed E-state index contributed by atoms with van der Waals surface area (Å²) in [6.45, 7) is 4.42. The van der Waals surface area contributed by atoms with Crippen LogP contribution in [0.15, 0.2) is 0 Å². The molecule has 138 valence electrons. The van der Waals surface area contributed by atoms with E-state index in [1.54, 1.807) is 6.92 Å². The first-order valence-electron chi connectivity index (χ1n) is 7.84. The van der Waals surface area contributed by atoms with Crippen LogP contribution in [0.2, 0.25) is 0 Å². The maximum Gasteiger partial charge on any atom is 0.217 e. The predicted octanol–water partition coefficient (Wildman–Crippen LogP) is 1.71. The second-order valence-electron chi connectivity index (χ2n) is 5.52. The van der Waals surface area contributed by atoms with Gasteiger partial charge in [-0.15, -0.1) is 0 Å². The van der Waals surface area contributed by atoms with E-state index >= 15 is 0 Å². The average Bonchev–Trinajstić information content (AvgIpc) is 2.42. The van der Waals surface area contributed by atoms with Gasteiger partial charge in [-0.2, -0.15) is 0 Å². The van der Waals surface area contributed by atoms with Gasteiger partial charge in [0.25, 0.3) is 0 Å². The van der Waals surface area contributed by atoms with Crippen LogP contribution >= 0.6 is 21.6 Å². The summed E-state index contributed by atoms with van der Waals surface area (Å²) >= 11 is 0. The molecule has 4 N–H and O–H groups in total. The van der Waals surface area contributed by atoms with Crippen LogP contribution in [-0.2, 0) is 19.2 Å². The molecule has 0 fully saturated rings. The molecular formula is C15H27N3O4S2. The fourth-order valence-electron chi connectivity index (χ4n) is 1.87. The van der Waals surface area contributed by atoms with E-state index in [4.69, 9.17) is 5.73 Å². The van der Waals surface area contributed by atoms with Crippen molar-refractivity contribution in [2.75, 3.05) is 0 Å². The molecular weight excluding hydrogens is 350 g/mol. The molecule has 0 aliphatic heterocycles. The van der Waals surface area contributed by atoms with E-state index in [2.05, 4.69) is 10.6 Å². The molecule has 0 aromatic heterocycles. The van der Waals surface area contributed by atoms with Gasteiger partial charge < -0.3 is 21.2 Å². The number of amides is 3. The number of nitrogens with two attached hydrogens (primary N) is 1. The maximum atomic E-state index is 11.3. The molecule has 9 heteroatoms. The molecule has 0 aliphatic carbocycles. The zero-order valence-corrected chi connectivity index (χ0v) is 16.1. The number of hydrogen-bond acceptors (Lipinski definition) is 6. The fraction of sp³-hybridized carbons (Fsp3) is 0.733. The Balaban J connectivity index is 4.45. The highest BCUT2D eigenvalue weighted by Gasteiger charge is 2.17. The van der Waals surface area contributed by atoms with Crippen molar-refractivity contribution in [3.63, 3.8) is 0 Å². The van der Waals surface area contributed by atoms with Crippen LogP contribution < -0.4 is 16.4 Å². The van der Waals surface area contributed by atoms with Gasteiger partial charge in [0.1, 0.15) is 5.78 Å². The van der Waals surface area contributed by atoms with E-state index in [0.717, 1.165) is 0 Å². The Hall–Kier alpha value is -1.22. The van der Waals surface area contributed by atoms with Crippen LogP contribution in [0.5, 0.6) is 0 Å². The minimum absolute atomic E-state index is 0.122. The van der Waals surface area contributed by atoms with Crippen molar-refractivity contribution in [3.8, 4) is 0 Å². The van der Waals surface area contributed by atoms with Crippen LogP contribution in [0.1, 0.15) is 59.3 Å². The van der Waals surface area contributed by atoms with Crippen molar-refractivity contribution >= 4 is 45.1 Å². The van der Waals surface area contributed by atoms with Crippen LogP contribution in [0.3, 0.4) is 0 Å². The van der Waals surface area contributed by atoms with Crippen molar-refractivity contribution in [1.82, 2.24) is 10.6 Å². The van der Waals surface area contributed by atoms with E-state index < -0.39 is 0 Å². The summed E-state index contributed by atoms with van der Waals surface area (Å²) in [5.41, 5.74) is 5.12. The van der Waals surface area contributed by atoms with E-state index in [1.165, 1.54) is 35.4 Å². The Morgan fingerprint density at radius 1 is 0.833 bits per heavy atom. The largest absolute Gasteiger partial charge is 0.370 e. The first kappa shape index (κ1) is 22.8. The Bertz CT molecular complexity index is 406. The molecule has 0 saturated carbocycles. The Morgan fingerprint density at radius 3 is 1.58 bits per heavy atom. The molecule has 2 unspecified atom stereocenters. The number of rotatable bonds is 13. The highest BCUT2D eigenvalue weighted by atomic mass is 33.1. The number of Topliss-reactive ketones (excluding diaryl/α,β-unsaturated/α-hetero) is 1. The molecule has 0 heterocycles. The van der Waals surface area contributed by atoms with E-state index in [1.807, 2.05) is 0 Å². The van der Waals surface area contributed by atoms with Gasteiger partial charge in [-0.3, -0.25) is 14.4 Å². The van der Waals surface area contributed by atoms with Crippen molar-refractivity contribution < 1.29 is 19.2 Å². The van der Waals surface area contributed by atoms with E-state index in [0.29, 0.717) is 32.1 Å². The zero-order valence-electron chi connectivity index (χ0n) is 14.4. The molecule has 0 saturated heterocycles. The monoisotopic (exact) mass is 377 g/mol. The molecule has 0 aromatic carbocycles. The number of primary amides is 1. The lowest BCUT2D eigenvalue weighted by Crippen LogP contribution is -2.33. The summed E-state index contributed by atoms with van der Waals surface area (Å²) < 4.78 is 0. The van der Waals surface area contributed by atoms with Crippen LogP contribution in [0.25, 0.3) is 0 Å². The summed E-state index contributed by atoms with van der Waals surface area (Å²) in [6, 6.07) is 0. The third kappa shape index (κ3) is 14.4. The van der Waals surface area contributed by atoms with E-state index in [9.17, 15) is 19.2 Å². The second kappa shape index (κ2) is 13.1. The number of ketones is 1. The SMILES string of the molecule is CC(=O)CCCC(NC(C)=O)SSC(CCCC(N)=O)NC(C)=O. The van der Waals surface area contributed by atoms with Gasteiger partial charge in [0.15, 0.2) is 0 Å². The van der Waals surface area contributed by atoms with Gasteiger partial charge in [0.05, 0.1) is 10.7 Å². The van der Waals surface area contributed by atoms with Gasteiger partial charge in [-0.25, -0.2) is 0 Å². The molecule has 0 radical (unpaired) electrons. The third-order valence-electron chi connectivity index (χ3n) is 2.90. The minimum Gasteiger partial charge on any atom is -0.370 e. The van der Waals surface area contributed by atoms with Crippen molar-refractivity contribution in [3.05, 3.63) is 0 Å². The lowest BCUT2D eigenvalue weighted by molar-refractivity contribution is -0.120. The standard InChI is InChI=1S/C15H27N3O4S2/c1-10(19)6-4-8-14(17-11(2)20)23-24-15(18-12(3)21)9-5-7-13(16)22/h14-15H,4-9H2,1-3H3,(H2,16,22)(H,17,20)(H,18,21). The average molecular weight is 378 g/mol. The molecule has 24 heavy (non-hydrogen) atoms. The number of hydrogen-bond donors (Lipinski definition) is 3. The summed E-state index contributed by atoms with van der Waals surface area (Å²) in [5.74, 6) is -0.535. The summed E-state index contributed by atoms with van der Waals surface area (Å²) in [6.07, 6.45) is 3.32. The number of carbonyl (C=O) groups is 4. The highest BCUT2D eigenvalue weighted by molar-refractivity contribution is 8.77. The molecule has 7 nitrogen and oxygen atoms in total. The quantitative estimate of drug-likeness (QED) is 0.332. The van der Waals surface area contributed by atoms with Gasteiger partial charge in [-0.1, -0.05) is 21.6 Å². The van der Waals surface area contributed by atoms with Gasteiger partial charge in [0, 0.05) is 26.7 Å². The zero-order chi connectivity index (χ0) is 18.5. The van der Waals surface area contributed by atoms with Gasteiger partial charge >= 0.3 is 0 Å². The lowest BCUT2D eigenvalue weighted by atomic mass is 10.2. The smallest absolute Gasteiger partial charge is 0.217 e. The van der Waals surface area contributed by atoms with Crippen molar-refractivity contribution in [2.45, 2.75) is 70.0 Å². The second-order valence-corrected chi connectivity index (χ2v) is 8.20. The fourth-order valence-corrected chi connectivity index (χ4v) is 4.77. The predicted molar refractivity (Wildman–Crippen MR) is 98.0 cm³/mol. The molecule has 0 rings (SSSR count). The molecule has 0 bridgehead atoms. The third-order valence-corrected chi connectivity index (χ3v) is 5.91. The molecule has 0 aliphatic rings. The molecule has 0 aromatic rings. The van der Waals surface area contributed by atoms with Crippen LogP contribution in [0, 0.1) is 0 Å². The molecule has 2 atom stereocenters. The first-order chi connectivity index (χ1) is 11.2. The lowest BCUT2D eigenvalue weighted by Gasteiger charge is -2.21. The van der Waals surface area contributed by atoms with Crippen LogP contribution in [-0.4, -0.2) is 34.3 Å². The van der Waals surface area contributed by atoms with Gasteiger partial charge in [-0.05, 0) is 32.6 Å². The maximum absolute atomic E-state index is 11.3. The topological polar surface area (TPSA) is 118 Å². The highest BCUT2D eigenvalue weighted by Crippen LogP contribution is 2.33. The van der Waals surface area contributed by atoms with Gasteiger partial charge in [0.2, 0.25) is 17.7 Å². The minimum atomic E-state index is -0.366. The number of carbonyl (C=O) groups excluding carboxylic acids is 4. The summed E-state index contributed by atoms with van der Waals surface area (Å²) in [7, 11) is 2.90. The Morgan fingerprint density at radius 2 is 1.25 bits per heavy atom. The van der Waals surface area contributed by atoms with Crippen LogP contribution in [0.4, 0.5) is 0 Å². The van der Waals surface area contributed by atoms with E-state index in [-0.39, 0.29) is 40.7 Å². The van der Waals surface area contributed by atoms with Crippen molar-refractivity contribution in [2.24, 2.45) is 5.73 Å². The normalized spacial score (nSPS) is 13.0. The Kier molecular flexibility index (Phi) is 12.4. The van der Waals surface area contributed by atoms with Crippen molar-refractivity contribution in [1.29, 1.82) is 0 Å². The number of nitrogens with one attached hydrogen (secondary N) is 2. The summed E-state index contributed by atoms with van der Waals surface area (Å²) in [5, 5.41) is 5.35. The first-order valence-corrected chi connectivity index (χ1v) is 10.1. The molecule has 0 spiro atoms. The molecule has 3 amide bonds. The summed E-state index contributed by atoms with van der Waals surface area (Å²) in [4.78, 5) is 44.4. The Labute approximate surface area is 151 Å².